The van der Waals surface area contributed by atoms with Crippen LogP contribution in [-0.4, -0.2) is 38.3 Å². The standard InChI is InChI=1S/C21H23N5OS/c1-27-13-12-25-11-5-8-18(25)20-19(17-7-2-3-10-23-17)24-21(28)26(20)15-16-6-4-9-22-14-16/h2-11,14,19-20H,12-13,15H2,1H3,(H,24,28)/t19-,20+/m0/s1. The number of rotatable bonds is 7. The molecule has 28 heavy (non-hydrogen) atoms. The van der Waals surface area contributed by atoms with Crippen LogP contribution in [-0.2, 0) is 17.8 Å². The highest BCUT2D eigenvalue weighted by atomic mass is 32.1. The fraction of sp³-hybridized carbons (Fsp3) is 0.286. The Hall–Kier alpha value is -2.77. The minimum atomic E-state index is -0.0263. The van der Waals surface area contributed by atoms with Crippen molar-refractivity contribution in [3.63, 3.8) is 0 Å². The quantitative estimate of drug-likeness (QED) is 0.623. The Morgan fingerprint density at radius 2 is 2.07 bits per heavy atom. The van der Waals surface area contributed by atoms with Crippen molar-refractivity contribution in [3.8, 4) is 0 Å². The molecule has 0 saturated carbocycles. The largest absolute Gasteiger partial charge is 0.383 e. The number of hydrogen-bond donors (Lipinski definition) is 1. The van der Waals surface area contributed by atoms with Crippen LogP contribution in [0.3, 0.4) is 0 Å². The maximum absolute atomic E-state index is 5.73. The van der Waals surface area contributed by atoms with Crippen molar-refractivity contribution in [3.05, 3.63) is 84.2 Å². The average molecular weight is 394 g/mol. The Balaban J connectivity index is 1.72. The van der Waals surface area contributed by atoms with Crippen molar-refractivity contribution in [2.24, 2.45) is 0 Å². The second-order valence-electron chi connectivity index (χ2n) is 6.74. The molecule has 7 heteroatoms. The van der Waals surface area contributed by atoms with Crippen molar-refractivity contribution in [1.82, 2.24) is 24.8 Å². The highest BCUT2D eigenvalue weighted by molar-refractivity contribution is 7.80. The zero-order valence-electron chi connectivity index (χ0n) is 15.7. The first-order valence-corrected chi connectivity index (χ1v) is 9.69. The van der Waals surface area contributed by atoms with Gasteiger partial charge >= 0.3 is 0 Å². The second-order valence-corrected chi connectivity index (χ2v) is 7.12. The van der Waals surface area contributed by atoms with Crippen molar-refractivity contribution >= 4 is 17.3 Å². The molecule has 0 bridgehead atoms. The highest BCUT2D eigenvalue weighted by Gasteiger charge is 2.41. The summed E-state index contributed by atoms with van der Waals surface area (Å²) in [5.41, 5.74) is 3.28. The van der Waals surface area contributed by atoms with E-state index in [1.54, 1.807) is 13.3 Å². The Bertz CT molecular complexity index is 915. The molecule has 1 saturated heterocycles. The molecule has 1 N–H and O–H groups in total. The maximum atomic E-state index is 5.73. The number of hydrogen-bond acceptors (Lipinski definition) is 4. The van der Waals surface area contributed by atoms with Crippen LogP contribution in [0.4, 0.5) is 0 Å². The summed E-state index contributed by atoms with van der Waals surface area (Å²) in [5, 5.41) is 4.22. The monoisotopic (exact) mass is 393 g/mol. The first-order valence-electron chi connectivity index (χ1n) is 9.29. The van der Waals surface area contributed by atoms with Gasteiger partial charge in [0.05, 0.1) is 24.4 Å². The molecule has 3 aromatic rings. The van der Waals surface area contributed by atoms with E-state index in [9.17, 15) is 0 Å². The van der Waals surface area contributed by atoms with Gasteiger partial charge in [0.25, 0.3) is 0 Å². The molecule has 1 fully saturated rings. The smallest absolute Gasteiger partial charge is 0.170 e. The molecule has 2 atom stereocenters. The van der Waals surface area contributed by atoms with E-state index in [2.05, 4.69) is 49.1 Å². The van der Waals surface area contributed by atoms with Crippen LogP contribution in [0.1, 0.15) is 29.0 Å². The summed E-state index contributed by atoms with van der Waals surface area (Å²) >= 11 is 5.73. The van der Waals surface area contributed by atoms with Crippen LogP contribution < -0.4 is 5.32 Å². The molecular formula is C21H23N5OS. The van der Waals surface area contributed by atoms with Crippen molar-refractivity contribution in [2.45, 2.75) is 25.2 Å². The lowest BCUT2D eigenvalue weighted by Crippen LogP contribution is -2.30. The predicted octanol–water partition coefficient (Wildman–Crippen LogP) is 3.10. The molecule has 3 aromatic heterocycles. The van der Waals surface area contributed by atoms with E-state index in [0.717, 1.165) is 22.9 Å². The number of pyridine rings is 2. The van der Waals surface area contributed by atoms with Gasteiger partial charge in [-0.15, -0.1) is 0 Å². The molecular weight excluding hydrogens is 370 g/mol. The summed E-state index contributed by atoms with van der Waals surface area (Å²) < 4.78 is 7.52. The van der Waals surface area contributed by atoms with Crippen molar-refractivity contribution < 1.29 is 4.74 Å². The van der Waals surface area contributed by atoms with Crippen LogP contribution in [0, 0.1) is 0 Å². The lowest BCUT2D eigenvalue weighted by Gasteiger charge is -2.29. The number of thiocarbonyl (C=S) groups is 1. The Kier molecular flexibility index (Phi) is 5.64. The van der Waals surface area contributed by atoms with Gasteiger partial charge in [-0.05, 0) is 48.1 Å². The van der Waals surface area contributed by atoms with Gasteiger partial charge in [-0.1, -0.05) is 12.1 Å². The number of ether oxygens (including phenoxy) is 1. The second kappa shape index (κ2) is 8.50. The van der Waals surface area contributed by atoms with E-state index in [4.69, 9.17) is 17.0 Å². The average Bonchev–Trinajstić information content (AvgIpc) is 3.32. The van der Waals surface area contributed by atoms with Crippen molar-refractivity contribution in [1.29, 1.82) is 0 Å². The maximum Gasteiger partial charge on any atom is 0.170 e. The molecule has 0 amide bonds. The van der Waals surface area contributed by atoms with Crippen LogP contribution in [0.25, 0.3) is 0 Å². The number of aromatic nitrogens is 3. The topological polar surface area (TPSA) is 55.2 Å². The summed E-state index contributed by atoms with van der Waals surface area (Å²) in [6.07, 6.45) is 7.59. The minimum absolute atomic E-state index is 0.0227. The zero-order chi connectivity index (χ0) is 19.3. The predicted molar refractivity (Wildman–Crippen MR) is 112 cm³/mol. The van der Waals surface area contributed by atoms with Gasteiger partial charge in [-0.2, -0.15) is 0 Å². The lowest BCUT2D eigenvalue weighted by molar-refractivity contribution is 0.183. The highest BCUT2D eigenvalue weighted by Crippen LogP contribution is 2.39. The lowest BCUT2D eigenvalue weighted by atomic mass is 10.0. The van der Waals surface area contributed by atoms with E-state index in [0.29, 0.717) is 13.2 Å². The summed E-state index contributed by atoms with van der Waals surface area (Å²) in [6.45, 7) is 2.13. The minimum Gasteiger partial charge on any atom is -0.383 e. The molecule has 4 rings (SSSR count). The van der Waals surface area contributed by atoms with Crippen LogP contribution in [0.5, 0.6) is 0 Å². The molecule has 6 nitrogen and oxygen atoms in total. The third kappa shape index (κ3) is 3.76. The fourth-order valence-electron chi connectivity index (χ4n) is 3.67. The molecule has 0 aliphatic carbocycles. The number of methoxy groups -OCH3 is 1. The third-order valence-electron chi connectivity index (χ3n) is 4.98. The van der Waals surface area contributed by atoms with Gasteiger partial charge in [-0.3, -0.25) is 9.97 Å². The summed E-state index contributed by atoms with van der Waals surface area (Å²) in [6, 6.07) is 14.2. The normalized spacial score (nSPS) is 19.0. The zero-order valence-corrected chi connectivity index (χ0v) is 16.5. The van der Waals surface area contributed by atoms with Gasteiger partial charge in [0.1, 0.15) is 0 Å². The van der Waals surface area contributed by atoms with E-state index < -0.39 is 0 Å². The Labute approximate surface area is 170 Å². The molecule has 144 valence electrons. The fourth-order valence-corrected chi connectivity index (χ4v) is 3.98. The van der Waals surface area contributed by atoms with Crippen LogP contribution >= 0.6 is 12.2 Å². The van der Waals surface area contributed by atoms with Gasteiger partial charge < -0.3 is 19.5 Å². The number of nitrogens with one attached hydrogen (secondary N) is 1. The van der Waals surface area contributed by atoms with Crippen LogP contribution in [0.2, 0.25) is 0 Å². The van der Waals surface area contributed by atoms with E-state index in [-0.39, 0.29) is 12.1 Å². The Morgan fingerprint density at radius 3 is 2.82 bits per heavy atom. The van der Waals surface area contributed by atoms with Crippen molar-refractivity contribution in [2.75, 3.05) is 13.7 Å². The van der Waals surface area contributed by atoms with E-state index in [1.165, 1.54) is 5.69 Å². The molecule has 0 spiro atoms. The summed E-state index contributed by atoms with van der Waals surface area (Å²) in [7, 11) is 1.72. The molecule has 0 unspecified atom stereocenters. The number of nitrogens with zero attached hydrogens (tertiary/aromatic N) is 4. The van der Waals surface area contributed by atoms with E-state index in [1.807, 2.05) is 36.7 Å². The summed E-state index contributed by atoms with van der Waals surface area (Å²) in [5.74, 6) is 0. The van der Waals surface area contributed by atoms with Gasteiger partial charge in [0.15, 0.2) is 5.11 Å². The van der Waals surface area contributed by atoms with Gasteiger partial charge in [0, 0.05) is 50.7 Å². The summed E-state index contributed by atoms with van der Waals surface area (Å²) in [4.78, 5) is 11.1. The first-order chi connectivity index (χ1) is 13.8. The van der Waals surface area contributed by atoms with E-state index >= 15 is 0 Å². The SMILES string of the molecule is COCCn1cccc1[C@@H]1[C@H](c2ccccn2)NC(=S)N1Cc1cccnc1. The third-order valence-corrected chi connectivity index (χ3v) is 5.33. The molecule has 0 aromatic carbocycles. The Morgan fingerprint density at radius 1 is 1.14 bits per heavy atom. The van der Waals surface area contributed by atoms with Gasteiger partial charge in [0.2, 0.25) is 0 Å². The van der Waals surface area contributed by atoms with Crippen LogP contribution in [0.15, 0.2) is 67.3 Å². The molecule has 4 heterocycles. The molecule has 1 aliphatic heterocycles. The van der Waals surface area contributed by atoms with Gasteiger partial charge in [-0.25, -0.2) is 0 Å². The first kappa shape index (κ1) is 18.6. The molecule has 1 aliphatic rings. The molecule has 0 radical (unpaired) electrons.